The molecule has 9 heteroatoms. The van der Waals surface area contributed by atoms with Gasteiger partial charge in [-0.25, -0.2) is 0 Å². The molecule has 4 saturated heterocycles. The Hall–Kier alpha value is -1.26. The van der Waals surface area contributed by atoms with Gasteiger partial charge in [0.25, 0.3) is 0 Å². The largest absolute Gasteiger partial charge is 0.380 e. The van der Waals surface area contributed by atoms with Gasteiger partial charge in [-0.15, -0.1) is 0 Å². The van der Waals surface area contributed by atoms with E-state index in [4.69, 9.17) is 4.74 Å². The Balaban J connectivity index is 1.09. The number of nitrogens with zero attached hydrogens (tertiary/aromatic N) is 4. The molecule has 2 aliphatic carbocycles. The summed E-state index contributed by atoms with van der Waals surface area (Å²) in [4.78, 5) is 36.7. The Morgan fingerprint density at radius 1 is 0.818 bits per heavy atom. The van der Waals surface area contributed by atoms with Gasteiger partial charge >= 0.3 is 0 Å². The number of hydrogen-bond donors (Lipinski definition) is 2. The summed E-state index contributed by atoms with van der Waals surface area (Å²) in [6.07, 6.45) is 16.3. The van der Waals surface area contributed by atoms with E-state index in [1.807, 2.05) is 7.11 Å². The fourth-order valence-corrected chi connectivity index (χ4v) is 9.94. The van der Waals surface area contributed by atoms with Crippen molar-refractivity contribution in [2.24, 2.45) is 17.8 Å². The van der Waals surface area contributed by atoms with Crippen molar-refractivity contribution in [2.45, 2.75) is 114 Å². The number of fused-ring (bicyclic) bond motifs is 1. The molecule has 0 aromatic carbocycles. The molecule has 6 rings (SSSR count). The van der Waals surface area contributed by atoms with Gasteiger partial charge in [0.15, 0.2) is 0 Å². The van der Waals surface area contributed by atoms with E-state index in [2.05, 4.69) is 30.2 Å². The maximum atomic E-state index is 13.4. The lowest BCUT2D eigenvalue weighted by Gasteiger charge is -2.49. The summed E-state index contributed by atoms with van der Waals surface area (Å²) < 4.78 is 6.13. The first kappa shape index (κ1) is 32.7. The number of nitrogens with one attached hydrogen (secondary N) is 2. The van der Waals surface area contributed by atoms with Crippen molar-refractivity contribution in [1.29, 1.82) is 0 Å². The maximum absolute atomic E-state index is 13.4. The molecule has 9 nitrogen and oxygen atoms in total. The molecular weight excluding hydrogens is 552 g/mol. The van der Waals surface area contributed by atoms with E-state index in [0.717, 1.165) is 96.9 Å². The maximum Gasteiger partial charge on any atom is 0.225 e. The molecule has 0 aromatic rings. The van der Waals surface area contributed by atoms with Crippen molar-refractivity contribution in [1.82, 2.24) is 30.2 Å². The summed E-state index contributed by atoms with van der Waals surface area (Å²) in [6.45, 7) is 11.1. The first-order valence-electron chi connectivity index (χ1n) is 18.6. The number of methoxy groups -OCH3 is 1. The van der Waals surface area contributed by atoms with Crippen LogP contribution in [0.3, 0.4) is 0 Å². The molecule has 0 radical (unpaired) electrons. The number of likely N-dealkylation sites (tertiary alicyclic amines) is 2. The standard InChI is InChI=1S/C35H62N6O3/c1-44-31-12-11-28-10-6-15-37-33(28)34(31)40-20-7-19-39(24-25-40)30(26-32(42)36-16-23-38-17-4-5-18-38)27-13-21-41(22-14-27)35(43)29-8-2-3-9-29/h27-31,33-34,37H,2-26H2,1H3,(H,36,42). The zero-order valence-electron chi connectivity index (χ0n) is 27.7. The number of hydrogen-bond acceptors (Lipinski definition) is 7. The van der Waals surface area contributed by atoms with Gasteiger partial charge in [-0.2, -0.15) is 0 Å². The van der Waals surface area contributed by atoms with Crippen molar-refractivity contribution < 1.29 is 14.3 Å². The van der Waals surface area contributed by atoms with Gasteiger partial charge in [-0.3, -0.25) is 19.4 Å². The van der Waals surface area contributed by atoms with Crippen LogP contribution in [0, 0.1) is 17.8 Å². The zero-order chi connectivity index (χ0) is 30.3. The molecule has 0 aromatic heterocycles. The normalized spacial score (nSPS) is 32.8. The molecule has 2 amide bonds. The van der Waals surface area contributed by atoms with Crippen molar-refractivity contribution >= 4 is 11.8 Å². The van der Waals surface area contributed by atoms with E-state index in [1.165, 1.54) is 64.5 Å². The topological polar surface area (TPSA) is 80.4 Å². The highest BCUT2D eigenvalue weighted by atomic mass is 16.5. The molecular formula is C35H62N6O3. The van der Waals surface area contributed by atoms with Crippen LogP contribution >= 0.6 is 0 Å². The fraction of sp³-hybridized carbons (Fsp3) is 0.943. The summed E-state index contributed by atoms with van der Waals surface area (Å²) in [7, 11) is 1.91. The van der Waals surface area contributed by atoms with Gasteiger partial charge in [0.05, 0.1) is 12.1 Å². The Labute approximate surface area is 267 Å². The lowest BCUT2D eigenvalue weighted by Crippen LogP contribution is -2.63. The van der Waals surface area contributed by atoms with Gasteiger partial charge in [0, 0.05) is 70.8 Å². The van der Waals surface area contributed by atoms with E-state index >= 15 is 0 Å². The molecule has 6 aliphatic rings. The van der Waals surface area contributed by atoms with Crippen LogP contribution in [0.25, 0.3) is 0 Å². The Kier molecular flexibility index (Phi) is 11.9. The van der Waals surface area contributed by atoms with Gasteiger partial charge in [-0.05, 0) is 115 Å². The minimum Gasteiger partial charge on any atom is -0.380 e. The smallest absolute Gasteiger partial charge is 0.225 e. The fourth-order valence-electron chi connectivity index (χ4n) is 9.94. The quantitative estimate of drug-likeness (QED) is 0.392. The number of ether oxygens (including phenoxy) is 1. The zero-order valence-corrected chi connectivity index (χ0v) is 27.7. The van der Waals surface area contributed by atoms with Gasteiger partial charge in [-0.1, -0.05) is 12.8 Å². The van der Waals surface area contributed by atoms with E-state index < -0.39 is 0 Å². The average Bonchev–Trinajstić information content (AvgIpc) is 3.74. The van der Waals surface area contributed by atoms with Crippen molar-refractivity contribution in [3.63, 3.8) is 0 Å². The SMILES string of the molecule is COC1CCC2CCCNC2C1N1CCCN(C(CC(=O)NCCN2CCCC2)C2CCN(C(=O)C3CCCC3)CC2)CC1. The number of piperidine rings is 2. The summed E-state index contributed by atoms with van der Waals surface area (Å²) in [5.74, 6) is 2.10. The number of amides is 2. The highest BCUT2D eigenvalue weighted by Gasteiger charge is 2.44. The van der Waals surface area contributed by atoms with Gasteiger partial charge in [0.2, 0.25) is 11.8 Å². The molecule has 250 valence electrons. The third kappa shape index (κ3) is 7.99. The highest BCUT2D eigenvalue weighted by molar-refractivity contribution is 5.79. The van der Waals surface area contributed by atoms with E-state index in [0.29, 0.717) is 36.4 Å². The van der Waals surface area contributed by atoms with Crippen molar-refractivity contribution in [3.8, 4) is 0 Å². The molecule has 2 saturated carbocycles. The number of carbonyl (C=O) groups excluding carboxylic acids is 2. The molecule has 4 aliphatic heterocycles. The summed E-state index contributed by atoms with van der Waals surface area (Å²) in [5, 5.41) is 7.21. The highest BCUT2D eigenvalue weighted by Crippen LogP contribution is 2.36. The van der Waals surface area contributed by atoms with Crippen LogP contribution in [-0.2, 0) is 14.3 Å². The molecule has 0 bridgehead atoms. The number of carbonyl (C=O) groups is 2. The molecule has 44 heavy (non-hydrogen) atoms. The third-order valence-electron chi connectivity index (χ3n) is 12.4. The van der Waals surface area contributed by atoms with Gasteiger partial charge in [0.1, 0.15) is 0 Å². The van der Waals surface area contributed by atoms with E-state index in [-0.39, 0.29) is 17.9 Å². The first-order valence-corrected chi connectivity index (χ1v) is 18.6. The minimum absolute atomic E-state index is 0.209. The molecule has 4 heterocycles. The third-order valence-corrected chi connectivity index (χ3v) is 12.4. The van der Waals surface area contributed by atoms with Crippen LogP contribution in [-0.4, -0.2) is 135 Å². The predicted octanol–water partition coefficient (Wildman–Crippen LogP) is 2.94. The average molecular weight is 615 g/mol. The predicted molar refractivity (Wildman–Crippen MR) is 174 cm³/mol. The Bertz CT molecular complexity index is 916. The van der Waals surface area contributed by atoms with Crippen molar-refractivity contribution in [3.05, 3.63) is 0 Å². The van der Waals surface area contributed by atoms with E-state index in [1.54, 1.807) is 0 Å². The first-order chi connectivity index (χ1) is 21.6. The molecule has 5 atom stereocenters. The van der Waals surface area contributed by atoms with Gasteiger partial charge < -0.3 is 25.2 Å². The minimum atomic E-state index is 0.209. The van der Waals surface area contributed by atoms with Crippen molar-refractivity contribution in [2.75, 3.05) is 79.1 Å². The molecule has 6 fully saturated rings. The Morgan fingerprint density at radius 2 is 1.61 bits per heavy atom. The monoisotopic (exact) mass is 614 g/mol. The second-order valence-corrected chi connectivity index (χ2v) is 15.0. The van der Waals surface area contributed by atoms with Crippen LogP contribution < -0.4 is 10.6 Å². The second-order valence-electron chi connectivity index (χ2n) is 15.0. The van der Waals surface area contributed by atoms with E-state index in [9.17, 15) is 9.59 Å². The lowest BCUT2D eigenvalue weighted by atomic mass is 9.74. The summed E-state index contributed by atoms with van der Waals surface area (Å²) >= 11 is 0. The molecule has 2 N–H and O–H groups in total. The van der Waals surface area contributed by atoms with Crippen LogP contribution in [0.15, 0.2) is 0 Å². The van der Waals surface area contributed by atoms with Crippen LogP contribution in [0.2, 0.25) is 0 Å². The molecule has 0 spiro atoms. The lowest BCUT2D eigenvalue weighted by molar-refractivity contribution is -0.137. The Morgan fingerprint density at radius 3 is 2.39 bits per heavy atom. The summed E-state index contributed by atoms with van der Waals surface area (Å²) in [6, 6.07) is 1.22. The second kappa shape index (κ2) is 16.0. The van der Waals surface area contributed by atoms with Crippen LogP contribution in [0.4, 0.5) is 0 Å². The van der Waals surface area contributed by atoms with Crippen LogP contribution in [0.1, 0.15) is 89.9 Å². The summed E-state index contributed by atoms with van der Waals surface area (Å²) in [5.41, 5.74) is 0. The number of rotatable bonds is 10. The van der Waals surface area contributed by atoms with Crippen LogP contribution in [0.5, 0.6) is 0 Å². The molecule has 5 unspecified atom stereocenters.